The lowest BCUT2D eigenvalue weighted by molar-refractivity contribution is -0.118. The Bertz CT molecular complexity index is 745. The van der Waals surface area contributed by atoms with Crippen LogP contribution in [0.1, 0.15) is 24.5 Å². The molecule has 2 aromatic carbocycles. The second-order valence-corrected chi connectivity index (χ2v) is 6.09. The second-order valence-electron chi connectivity index (χ2n) is 6.09. The third kappa shape index (κ3) is 4.31. The van der Waals surface area contributed by atoms with E-state index in [9.17, 15) is 4.79 Å². The lowest BCUT2D eigenvalue weighted by Crippen LogP contribution is -2.33. The maximum atomic E-state index is 12.5. The van der Waals surface area contributed by atoms with Crippen LogP contribution in [0.5, 0.6) is 11.5 Å². The number of hydrogen-bond donors (Lipinski definition) is 1. The van der Waals surface area contributed by atoms with E-state index < -0.39 is 0 Å². The molecule has 132 valence electrons. The number of rotatable bonds is 7. The highest BCUT2D eigenvalue weighted by molar-refractivity contribution is 5.93. The summed E-state index contributed by atoms with van der Waals surface area (Å²) in [7, 11) is 0. The van der Waals surface area contributed by atoms with Gasteiger partial charge in [-0.1, -0.05) is 18.2 Å². The number of amides is 1. The van der Waals surface area contributed by atoms with Crippen molar-refractivity contribution >= 4 is 11.6 Å². The van der Waals surface area contributed by atoms with Crippen LogP contribution in [0.4, 0.5) is 5.69 Å². The highest BCUT2D eigenvalue weighted by Crippen LogP contribution is 2.32. The average molecular weight is 340 g/mol. The predicted octanol–water partition coefficient (Wildman–Crippen LogP) is 3.26. The van der Waals surface area contributed by atoms with Gasteiger partial charge in [0.05, 0.1) is 0 Å². The zero-order chi connectivity index (χ0) is 17.6. The van der Waals surface area contributed by atoms with E-state index in [0.717, 1.165) is 28.3 Å². The van der Waals surface area contributed by atoms with E-state index in [0.29, 0.717) is 26.1 Å². The minimum absolute atomic E-state index is 0.131. The number of anilines is 1. The number of aryl methyl sites for hydroxylation is 1. The summed E-state index contributed by atoms with van der Waals surface area (Å²) in [4.78, 5) is 14.3. The summed E-state index contributed by atoms with van der Waals surface area (Å²) in [5, 5.41) is 3.32. The number of nitrogens with one attached hydrogen (secondary N) is 1. The van der Waals surface area contributed by atoms with Crippen LogP contribution in [0.2, 0.25) is 0 Å². The Balaban J connectivity index is 1.48. The molecule has 1 heterocycles. The Morgan fingerprint density at radius 3 is 2.80 bits per heavy atom. The van der Waals surface area contributed by atoms with E-state index in [2.05, 4.69) is 5.32 Å². The van der Waals surface area contributed by atoms with Crippen molar-refractivity contribution in [3.05, 3.63) is 53.6 Å². The molecule has 1 N–H and O–H groups in total. The maximum absolute atomic E-state index is 12.5. The smallest absolute Gasteiger partial charge is 0.231 e. The Kier molecular flexibility index (Phi) is 5.56. The summed E-state index contributed by atoms with van der Waals surface area (Å²) in [6.45, 7) is 6.32. The lowest BCUT2D eigenvalue weighted by Gasteiger charge is -2.21. The van der Waals surface area contributed by atoms with Crippen molar-refractivity contribution in [1.82, 2.24) is 5.32 Å². The Hall–Kier alpha value is -2.53. The summed E-state index contributed by atoms with van der Waals surface area (Å²) >= 11 is 0. The van der Waals surface area contributed by atoms with E-state index in [1.54, 1.807) is 0 Å². The van der Waals surface area contributed by atoms with Crippen LogP contribution in [0, 0.1) is 6.92 Å². The van der Waals surface area contributed by atoms with Crippen LogP contribution in [0.3, 0.4) is 0 Å². The van der Waals surface area contributed by atoms with E-state index in [1.165, 1.54) is 0 Å². The van der Waals surface area contributed by atoms with E-state index in [4.69, 9.17) is 9.47 Å². The molecule has 1 aliphatic rings. The topological polar surface area (TPSA) is 50.8 Å². The van der Waals surface area contributed by atoms with Gasteiger partial charge in [0.15, 0.2) is 11.5 Å². The quantitative estimate of drug-likeness (QED) is 0.786. The first kappa shape index (κ1) is 17.3. The van der Waals surface area contributed by atoms with Crippen LogP contribution in [0.15, 0.2) is 42.5 Å². The fraction of sp³-hybridized carbons (Fsp3) is 0.350. The first-order valence-corrected chi connectivity index (χ1v) is 8.63. The minimum atomic E-state index is 0.131. The zero-order valence-electron chi connectivity index (χ0n) is 14.7. The first-order valence-electron chi connectivity index (χ1n) is 8.63. The molecule has 0 radical (unpaired) electrons. The van der Waals surface area contributed by atoms with Gasteiger partial charge in [0.1, 0.15) is 0 Å². The number of carbonyl (C=O) groups is 1. The minimum Gasteiger partial charge on any atom is -0.454 e. The van der Waals surface area contributed by atoms with E-state index >= 15 is 0 Å². The number of ether oxygens (including phenoxy) is 2. The van der Waals surface area contributed by atoms with Crippen LogP contribution >= 0.6 is 0 Å². The number of carbonyl (C=O) groups excluding carboxylic acids is 1. The largest absolute Gasteiger partial charge is 0.454 e. The summed E-state index contributed by atoms with van der Waals surface area (Å²) in [6, 6.07) is 13.9. The van der Waals surface area contributed by atoms with Crippen molar-refractivity contribution in [1.29, 1.82) is 0 Å². The molecule has 0 aromatic heterocycles. The Labute approximate surface area is 148 Å². The van der Waals surface area contributed by atoms with Crippen LogP contribution in [-0.4, -0.2) is 25.8 Å². The summed E-state index contributed by atoms with van der Waals surface area (Å²) in [5.41, 5.74) is 3.23. The van der Waals surface area contributed by atoms with Gasteiger partial charge in [0, 0.05) is 31.7 Å². The van der Waals surface area contributed by atoms with Gasteiger partial charge in [-0.25, -0.2) is 0 Å². The van der Waals surface area contributed by atoms with Gasteiger partial charge in [0.2, 0.25) is 12.7 Å². The molecule has 1 amide bonds. The molecule has 0 saturated carbocycles. The molecule has 0 atom stereocenters. The van der Waals surface area contributed by atoms with Gasteiger partial charge in [-0.3, -0.25) is 4.79 Å². The van der Waals surface area contributed by atoms with E-state index in [-0.39, 0.29) is 12.7 Å². The van der Waals surface area contributed by atoms with Gasteiger partial charge >= 0.3 is 0 Å². The molecule has 5 heteroatoms. The molecule has 0 bridgehead atoms. The molecule has 5 nitrogen and oxygen atoms in total. The normalized spacial score (nSPS) is 12.2. The third-order valence-corrected chi connectivity index (χ3v) is 4.21. The molecular formula is C20H24N2O3. The van der Waals surface area contributed by atoms with Crippen LogP contribution in [-0.2, 0) is 11.3 Å². The summed E-state index contributed by atoms with van der Waals surface area (Å²) in [6.07, 6.45) is 0.465. The molecule has 0 spiro atoms. The SMILES string of the molecule is CCN(C(=O)CCNCc1ccc2c(c1)OCO2)c1cccc(C)c1. The van der Waals surface area contributed by atoms with Crippen molar-refractivity contribution in [3.63, 3.8) is 0 Å². The average Bonchev–Trinajstić information content (AvgIpc) is 3.07. The second kappa shape index (κ2) is 8.03. The van der Waals surface area contributed by atoms with Crippen molar-refractivity contribution < 1.29 is 14.3 Å². The molecule has 25 heavy (non-hydrogen) atoms. The highest BCUT2D eigenvalue weighted by Gasteiger charge is 2.14. The molecule has 0 aliphatic carbocycles. The highest BCUT2D eigenvalue weighted by atomic mass is 16.7. The molecular weight excluding hydrogens is 316 g/mol. The Morgan fingerprint density at radius 2 is 2.00 bits per heavy atom. The third-order valence-electron chi connectivity index (χ3n) is 4.21. The van der Waals surface area contributed by atoms with Crippen LogP contribution < -0.4 is 19.7 Å². The predicted molar refractivity (Wildman–Crippen MR) is 98.1 cm³/mol. The van der Waals surface area contributed by atoms with E-state index in [1.807, 2.05) is 61.2 Å². The van der Waals surface area contributed by atoms with Crippen molar-refractivity contribution in [2.24, 2.45) is 0 Å². The number of benzene rings is 2. The summed E-state index contributed by atoms with van der Waals surface area (Å²) in [5.74, 6) is 1.70. The zero-order valence-corrected chi connectivity index (χ0v) is 14.7. The molecule has 1 aliphatic heterocycles. The van der Waals surface area contributed by atoms with Crippen molar-refractivity contribution in [2.75, 3.05) is 24.8 Å². The van der Waals surface area contributed by atoms with Crippen LogP contribution in [0.25, 0.3) is 0 Å². The molecule has 0 fully saturated rings. The fourth-order valence-corrected chi connectivity index (χ4v) is 2.91. The molecule has 2 aromatic rings. The monoisotopic (exact) mass is 340 g/mol. The van der Waals surface area contributed by atoms with Crippen molar-refractivity contribution in [3.8, 4) is 11.5 Å². The lowest BCUT2D eigenvalue weighted by atomic mass is 10.2. The van der Waals surface area contributed by atoms with Crippen molar-refractivity contribution in [2.45, 2.75) is 26.8 Å². The molecule has 3 rings (SSSR count). The van der Waals surface area contributed by atoms with Gasteiger partial charge in [-0.05, 0) is 49.2 Å². The Morgan fingerprint density at radius 1 is 1.16 bits per heavy atom. The number of nitrogens with zero attached hydrogens (tertiary/aromatic N) is 1. The van der Waals surface area contributed by atoms with Gasteiger partial charge in [-0.15, -0.1) is 0 Å². The standard InChI is InChI=1S/C20H24N2O3/c1-3-22(17-6-4-5-15(2)11-17)20(23)9-10-21-13-16-7-8-18-19(12-16)25-14-24-18/h4-8,11-12,21H,3,9-10,13-14H2,1-2H3. The van der Waals surface area contributed by atoms with Gasteiger partial charge in [0.25, 0.3) is 0 Å². The summed E-state index contributed by atoms with van der Waals surface area (Å²) < 4.78 is 10.7. The molecule has 0 saturated heterocycles. The maximum Gasteiger partial charge on any atom is 0.231 e. The number of hydrogen-bond acceptors (Lipinski definition) is 4. The van der Waals surface area contributed by atoms with Gasteiger partial charge < -0.3 is 19.7 Å². The fourth-order valence-electron chi connectivity index (χ4n) is 2.91. The van der Waals surface area contributed by atoms with Gasteiger partial charge in [-0.2, -0.15) is 0 Å². The first-order chi connectivity index (χ1) is 12.2. The number of fused-ring (bicyclic) bond motifs is 1. The molecule has 0 unspecified atom stereocenters.